The number of nitrogens with one attached hydrogen (secondary N) is 1. The van der Waals surface area contributed by atoms with Crippen LogP contribution in [0.25, 0.3) is 22.4 Å². The summed E-state index contributed by atoms with van der Waals surface area (Å²) < 4.78 is 11.4. The smallest absolute Gasteiger partial charge is 0.408 e. The Morgan fingerprint density at radius 2 is 1.77 bits per heavy atom. The van der Waals surface area contributed by atoms with Crippen LogP contribution in [-0.4, -0.2) is 35.7 Å². The quantitative estimate of drug-likeness (QED) is 0.371. The highest BCUT2D eigenvalue weighted by Gasteiger charge is 2.41. The molecule has 7 nitrogen and oxygen atoms in total. The van der Waals surface area contributed by atoms with Crippen LogP contribution in [0.2, 0.25) is 0 Å². The summed E-state index contributed by atoms with van der Waals surface area (Å²) in [6.07, 6.45) is 5.95. The zero-order chi connectivity index (χ0) is 27.9. The molecule has 1 aromatic heterocycles. The minimum Gasteiger partial charge on any atom is -0.466 e. The molecule has 208 valence electrons. The zero-order valence-corrected chi connectivity index (χ0v) is 23.5. The molecule has 0 saturated heterocycles. The largest absolute Gasteiger partial charge is 0.466 e. The molecule has 1 N–H and O–H groups in total. The third kappa shape index (κ3) is 5.17. The molecule has 0 radical (unpaired) electrons. The van der Waals surface area contributed by atoms with Crippen molar-refractivity contribution in [1.29, 1.82) is 0 Å². The van der Waals surface area contributed by atoms with Gasteiger partial charge >= 0.3 is 6.09 Å². The molecule has 2 amide bonds. The zero-order valence-electron chi connectivity index (χ0n) is 23.5. The number of ether oxygens (including phenoxy) is 2. The number of pyridine rings is 1. The molecule has 2 aliphatic carbocycles. The lowest BCUT2D eigenvalue weighted by Crippen LogP contribution is -2.52. The second kappa shape index (κ2) is 10.3. The Morgan fingerprint density at radius 1 is 1.05 bits per heavy atom. The Balaban J connectivity index is 1.35. The molecule has 2 fully saturated rings. The predicted octanol–water partition coefficient (Wildman–Crippen LogP) is 6.85. The van der Waals surface area contributed by atoms with Crippen LogP contribution in [0.1, 0.15) is 64.9 Å². The summed E-state index contributed by atoms with van der Waals surface area (Å²) in [5.41, 5.74) is 4.57. The molecular formula is C33H37N3O4. The Kier molecular flexibility index (Phi) is 6.77. The molecule has 3 aliphatic rings. The van der Waals surface area contributed by atoms with E-state index in [9.17, 15) is 9.59 Å². The maximum Gasteiger partial charge on any atom is 0.408 e. The lowest BCUT2D eigenvalue weighted by molar-refractivity contribution is -0.121. The maximum absolute atomic E-state index is 12.9. The van der Waals surface area contributed by atoms with E-state index >= 15 is 0 Å². The summed E-state index contributed by atoms with van der Waals surface area (Å²) in [6, 6.07) is 20.5. The van der Waals surface area contributed by atoms with Crippen LogP contribution in [0, 0.1) is 5.92 Å². The topological polar surface area (TPSA) is 80.8 Å². The first kappa shape index (κ1) is 26.4. The summed E-state index contributed by atoms with van der Waals surface area (Å²) in [4.78, 5) is 32.4. The SMILES string of the molecule is CC(C)(C)OC(=O)NC1(c2ccc(-c3nc4c(cc3-c3ccccc3)N(CC3CCC3)C(=O)CO4)cc2)CCC1. The number of nitrogens with zero attached hydrogens (tertiary/aromatic N) is 2. The molecule has 0 atom stereocenters. The van der Waals surface area contributed by atoms with Gasteiger partial charge in [-0.2, -0.15) is 0 Å². The van der Waals surface area contributed by atoms with Gasteiger partial charge in [-0.05, 0) is 76.0 Å². The molecule has 1 aliphatic heterocycles. The fraction of sp³-hybridized carbons (Fsp3) is 0.424. The summed E-state index contributed by atoms with van der Waals surface area (Å²) in [5.74, 6) is 1.02. The molecule has 0 unspecified atom stereocenters. The summed E-state index contributed by atoms with van der Waals surface area (Å²) in [7, 11) is 0. The van der Waals surface area contributed by atoms with E-state index < -0.39 is 17.2 Å². The molecule has 2 heterocycles. The van der Waals surface area contributed by atoms with Crippen molar-refractivity contribution >= 4 is 17.7 Å². The minimum absolute atomic E-state index is 0.00857. The number of hydrogen-bond donors (Lipinski definition) is 1. The van der Waals surface area contributed by atoms with Crippen molar-refractivity contribution in [3.63, 3.8) is 0 Å². The van der Waals surface area contributed by atoms with Gasteiger partial charge in [0.15, 0.2) is 6.61 Å². The van der Waals surface area contributed by atoms with Crippen LogP contribution in [0.5, 0.6) is 5.88 Å². The first-order valence-electron chi connectivity index (χ1n) is 14.4. The van der Waals surface area contributed by atoms with Crippen LogP contribution >= 0.6 is 0 Å². The van der Waals surface area contributed by atoms with E-state index in [4.69, 9.17) is 14.5 Å². The number of anilines is 1. The third-order valence-corrected chi connectivity index (χ3v) is 8.30. The van der Waals surface area contributed by atoms with E-state index in [0.717, 1.165) is 65.7 Å². The molecule has 6 rings (SSSR count). The van der Waals surface area contributed by atoms with Gasteiger partial charge in [0.1, 0.15) is 11.3 Å². The fourth-order valence-corrected chi connectivity index (χ4v) is 5.78. The maximum atomic E-state index is 12.9. The molecule has 3 aromatic rings. The second-order valence-corrected chi connectivity index (χ2v) is 12.3. The van der Waals surface area contributed by atoms with Gasteiger partial charge in [0, 0.05) is 17.7 Å². The van der Waals surface area contributed by atoms with Crippen LogP contribution in [0.4, 0.5) is 10.5 Å². The number of rotatable bonds is 6. The second-order valence-electron chi connectivity index (χ2n) is 12.3. The number of carbonyl (C=O) groups excluding carboxylic acids is 2. The molecule has 0 spiro atoms. The van der Waals surface area contributed by atoms with Crippen LogP contribution in [0.3, 0.4) is 0 Å². The number of benzene rings is 2. The van der Waals surface area contributed by atoms with Crippen molar-refractivity contribution in [3.8, 4) is 28.3 Å². The van der Waals surface area contributed by atoms with E-state index in [1.54, 1.807) is 0 Å². The Labute approximate surface area is 235 Å². The average molecular weight is 540 g/mol. The van der Waals surface area contributed by atoms with Gasteiger partial charge in [0.25, 0.3) is 5.91 Å². The van der Waals surface area contributed by atoms with Crippen molar-refractivity contribution in [2.45, 2.75) is 70.4 Å². The van der Waals surface area contributed by atoms with Crippen LogP contribution in [0.15, 0.2) is 60.7 Å². The third-order valence-electron chi connectivity index (χ3n) is 8.30. The molecule has 7 heteroatoms. The molecule has 2 saturated carbocycles. The first-order chi connectivity index (χ1) is 19.2. The number of alkyl carbamates (subject to hydrolysis) is 1. The number of aromatic nitrogens is 1. The van der Waals surface area contributed by atoms with E-state index in [0.29, 0.717) is 18.3 Å². The van der Waals surface area contributed by atoms with Crippen molar-refractivity contribution in [2.75, 3.05) is 18.1 Å². The highest BCUT2D eigenvalue weighted by molar-refractivity contribution is 5.99. The number of fused-ring (bicyclic) bond motifs is 1. The Bertz CT molecular complexity index is 1400. The van der Waals surface area contributed by atoms with Crippen LogP contribution in [-0.2, 0) is 15.1 Å². The van der Waals surface area contributed by atoms with Gasteiger partial charge in [0.2, 0.25) is 5.88 Å². The summed E-state index contributed by atoms with van der Waals surface area (Å²) in [6.45, 7) is 6.34. The Morgan fingerprint density at radius 3 is 2.38 bits per heavy atom. The highest BCUT2D eigenvalue weighted by atomic mass is 16.6. The standard InChI is InChI=1S/C33H37N3O4/c1-32(2,3)40-31(38)35-33(17-8-18-33)25-15-13-24(14-16-25)29-26(23-11-5-4-6-12-23)19-27-30(34-29)39-21-28(37)36(27)20-22-9-7-10-22/h4-6,11-16,19,22H,7-10,17-18,20-21H2,1-3H3,(H,35,38). The lowest BCUT2D eigenvalue weighted by Gasteiger charge is -2.43. The first-order valence-corrected chi connectivity index (χ1v) is 14.4. The monoisotopic (exact) mass is 539 g/mol. The van der Waals surface area contributed by atoms with E-state index in [-0.39, 0.29) is 12.5 Å². The summed E-state index contributed by atoms with van der Waals surface area (Å²) >= 11 is 0. The van der Waals surface area contributed by atoms with Gasteiger partial charge < -0.3 is 19.7 Å². The average Bonchev–Trinajstić information content (AvgIpc) is 2.88. The van der Waals surface area contributed by atoms with Crippen molar-refractivity contribution in [3.05, 3.63) is 66.2 Å². The Hall–Kier alpha value is -3.87. The normalized spacial score (nSPS) is 18.2. The van der Waals surface area contributed by atoms with Gasteiger partial charge in [-0.1, -0.05) is 61.0 Å². The summed E-state index contributed by atoms with van der Waals surface area (Å²) in [5, 5.41) is 3.14. The lowest BCUT2D eigenvalue weighted by atomic mass is 9.71. The molecule has 2 aromatic carbocycles. The number of hydrogen-bond acceptors (Lipinski definition) is 5. The van der Waals surface area contributed by atoms with Crippen molar-refractivity contribution < 1.29 is 19.1 Å². The van der Waals surface area contributed by atoms with Gasteiger partial charge in [0.05, 0.1) is 11.2 Å². The van der Waals surface area contributed by atoms with Gasteiger partial charge in [-0.3, -0.25) is 4.79 Å². The number of amides is 2. The van der Waals surface area contributed by atoms with Crippen LogP contribution < -0.4 is 15.0 Å². The van der Waals surface area contributed by atoms with Crippen molar-refractivity contribution in [2.24, 2.45) is 5.92 Å². The van der Waals surface area contributed by atoms with E-state index in [1.165, 1.54) is 6.42 Å². The number of carbonyl (C=O) groups is 2. The van der Waals surface area contributed by atoms with Crippen molar-refractivity contribution in [1.82, 2.24) is 10.3 Å². The van der Waals surface area contributed by atoms with E-state index in [1.807, 2.05) is 43.9 Å². The fourth-order valence-electron chi connectivity index (χ4n) is 5.78. The van der Waals surface area contributed by atoms with E-state index in [2.05, 4.69) is 47.8 Å². The molecule has 40 heavy (non-hydrogen) atoms. The van der Waals surface area contributed by atoms with Gasteiger partial charge in [-0.25, -0.2) is 9.78 Å². The van der Waals surface area contributed by atoms with Gasteiger partial charge in [-0.15, -0.1) is 0 Å². The molecule has 0 bridgehead atoms. The molecular weight excluding hydrogens is 502 g/mol. The highest BCUT2D eigenvalue weighted by Crippen LogP contribution is 2.44. The predicted molar refractivity (Wildman–Crippen MR) is 155 cm³/mol. The minimum atomic E-state index is -0.551.